The molecule has 0 aliphatic rings. The van der Waals surface area contributed by atoms with Gasteiger partial charge in [-0.25, -0.2) is 8.78 Å². The molecule has 1 nitrogen and oxygen atoms in total. The van der Waals surface area contributed by atoms with E-state index in [0.717, 1.165) is 18.9 Å². The van der Waals surface area contributed by atoms with Crippen LogP contribution in [0.15, 0.2) is 24.3 Å². The highest BCUT2D eigenvalue weighted by molar-refractivity contribution is 5.25. The minimum atomic E-state index is -2.63. The molecule has 0 aromatic heterocycles. The molecular formula is C13H19F2N. The van der Waals surface area contributed by atoms with Crippen LogP contribution in [-0.4, -0.2) is 12.5 Å². The lowest BCUT2D eigenvalue weighted by Crippen LogP contribution is -2.13. The molecule has 0 saturated heterocycles. The number of nitrogens with two attached hydrogens (primary N) is 1. The van der Waals surface area contributed by atoms with Crippen molar-refractivity contribution in [3.05, 3.63) is 35.4 Å². The molecule has 0 fully saturated rings. The second-order valence-electron chi connectivity index (χ2n) is 4.47. The van der Waals surface area contributed by atoms with Gasteiger partial charge in [-0.3, -0.25) is 0 Å². The van der Waals surface area contributed by atoms with Gasteiger partial charge in [0.25, 0.3) is 0 Å². The van der Waals surface area contributed by atoms with E-state index < -0.39 is 5.92 Å². The van der Waals surface area contributed by atoms with Crippen LogP contribution in [0.2, 0.25) is 0 Å². The molecule has 0 heterocycles. The first-order valence-electron chi connectivity index (χ1n) is 5.59. The molecule has 1 unspecified atom stereocenters. The predicted octanol–water partition coefficient (Wildman–Crippen LogP) is 3.34. The Labute approximate surface area is 95.7 Å². The van der Waals surface area contributed by atoms with Gasteiger partial charge in [0, 0.05) is 6.42 Å². The smallest absolute Gasteiger partial charge is 0.249 e. The Balaban J connectivity index is 2.68. The van der Waals surface area contributed by atoms with Gasteiger partial charge in [0.2, 0.25) is 5.92 Å². The zero-order chi connectivity index (χ0) is 12.2. The van der Waals surface area contributed by atoms with E-state index in [-0.39, 0.29) is 6.42 Å². The van der Waals surface area contributed by atoms with Crippen molar-refractivity contribution < 1.29 is 8.78 Å². The van der Waals surface area contributed by atoms with Crippen LogP contribution < -0.4 is 5.73 Å². The summed E-state index contributed by atoms with van der Waals surface area (Å²) < 4.78 is 25.5. The fraction of sp³-hybridized carbons (Fsp3) is 0.538. The minimum absolute atomic E-state index is 0.196. The second-order valence-corrected chi connectivity index (χ2v) is 4.47. The number of hydrogen-bond acceptors (Lipinski definition) is 1. The van der Waals surface area contributed by atoms with E-state index in [4.69, 9.17) is 5.73 Å². The van der Waals surface area contributed by atoms with Crippen molar-refractivity contribution in [1.29, 1.82) is 0 Å². The van der Waals surface area contributed by atoms with Crippen LogP contribution in [0.5, 0.6) is 0 Å². The number of halogens is 2. The molecule has 0 aliphatic heterocycles. The Hall–Kier alpha value is -0.960. The van der Waals surface area contributed by atoms with Gasteiger partial charge in [0.15, 0.2) is 0 Å². The van der Waals surface area contributed by atoms with E-state index in [1.165, 1.54) is 0 Å². The third-order valence-electron chi connectivity index (χ3n) is 2.66. The minimum Gasteiger partial charge on any atom is -0.330 e. The first-order chi connectivity index (χ1) is 7.42. The number of rotatable bonds is 5. The summed E-state index contributed by atoms with van der Waals surface area (Å²) in [5.41, 5.74) is 7.32. The lowest BCUT2D eigenvalue weighted by molar-refractivity contribution is 0.0226. The SMILES string of the molecule is CC(CCN)c1ccc(CC(C)(F)F)cc1. The molecular weight excluding hydrogens is 208 g/mol. The largest absolute Gasteiger partial charge is 0.330 e. The zero-order valence-electron chi connectivity index (χ0n) is 9.84. The highest BCUT2D eigenvalue weighted by Crippen LogP contribution is 2.22. The van der Waals surface area contributed by atoms with Crippen LogP contribution in [0.3, 0.4) is 0 Å². The molecule has 0 bridgehead atoms. The molecule has 0 amide bonds. The standard InChI is InChI=1S/C13H19F2N/c1-10(7-8-16)12-5-3-11(4-6-12)9-13(2,14)15/h3-6,10H,7-9,16H2,1-2H3. The lowest BCUT2D eigenvalue weighted by Gasteiger charge is -2.13. The number of benzene rings is 1. The van der Waals surface area contributed by atoms with Gasteiger partial charge in [0.1, 0.15) is 0 Å². The molecule has 3 heteroatoms. The summed E-state index contributed by atoms with van der Waals surface area (Å²) in [5.74, 6) is -2.24. The van der Waals surface area contributed by atoms with Gasteiger partial charge in [-0.05, 0) is 36.9 Å². The average molecular weight is 227 g/mol. The molecule has 0 saturated carbocycles. The summed E-state index contributed by atoms with van der Waals surface area (Å²) in [6, 6.07) is 7.39. The van der Waals surface area contributed by atoms with E-state index in [2.05, 4.69) is 6.92 Å². The van der Waals surface area contributed by atoms with E-state index in [0.29, 0.717) is 18.0 Å². The zero-order valence-corrected chi connectivity index (χ0v) is 9.84. The maximum Gasteiger partial charge on any atom is 0.249 e. The number of hydrogen-bond donors (Lipinski definition) is 1. The molecule has 1 atom stereocenters. The molecule has 1 aromatic rings. The Bertz CT molecular complexity index is 314. The first kappa shape index (κ1) is 13.1. The Morgan fingerprint density at radius 1 is 1.25 bits per heavy atom. The summed E-state index contributed by atoms with van der Waals surface area (Å²) in [5, 5.41) is 0. The van der Waals surface area contributed by atoms with Crippen LogP contribution >= 0.6 is 0 Å². The molecule has 1 rings (SSSR count). The Kier molecular flexibility index (Phi) is 4.42. The third kappa shape index (κ3) is 4.27. The van der Waals surface area contributed by atoms with Crippen LogP contribution in [0.25, 0.3) is 0 Å². The Morgan fingerprint density at radius 3 is 2.25 bits per heavy atom. The van der Waals surface area contributed by atoms with Gasteiger partial charge in [-0.2, -0.15) is 0 Å². The molecule has 0 radical (unpaired) electrons. The van der Waals surface area contributed by atoms with E-state index in [1.807, 2.05) is 12.1 Å². The summed E-state index contributed by atoms with van der Waals surface area (Å²) in [4.78, 5) is 0. The average Bonchev–Trinajstić information content (AvgIpc) is 2.16. The summed E-state index contributed by atoms with van der Waals surface area (Å²) in [7, 11) is 0. The van der Waals surface area contributed by atoms with Crippen molar-refractivity contribution >= 4 is 0 Å². The predicted molar refractivity (Wildman–Crippen MR) is 62.9 cm³/mol. The van der Waals surface area contributed by atoms with Gasteiger partial charge < -0.3 is 5.73 Å². The maximum atomic E-state index is 12.8. The van der Waals surface area contributed by atoms with Crippen LogP contribution in [-0.2, 0) is 6.42 Å². The highest BCUT2D eigenvalue weighted by Gasteiger charge is 2.21. The van der Waals surface area contributed by atoms with Crippen molar-refractivity contribution in [1.82, 2.24) is 0 Å². The van der Waals surface area contributed by atoms with Crippen LogP contribution in [0.1, 0.15) is 37.3 Å². The fourth-order valence-electron chi connectivity index (χ4n) is 1.74. The summed E-state index contributed by atoms with van der Waals surface area (Å²) in [6.07, 6.45) is 0.724. The van der Waals surface area contributed by atoms with Crippen LogP contribution in [0.4, 0.5) is 8.78 Å². The summed E-state index contributed by atoms with van der Waals surface area (Å²) in [6.45, 7) is 3.68. The van der Waals surface area contributed by atoms with Gasteiger partial charge >= 0.3 is 0 Å². The van der Waals surface area contributed by atoms with Crippen LogP contribution in [0, 0.1) is 0 Å². The van der Waals surface area contributed by atoms with Crippen molar-refractivity contribution in [2.24, 2.45) is 5.73 Å². The highest BCUT2D eigenvalue weighted by atomic mass is 19.3. The second kappa shape index (κ2) is 5.39. The van der Waals surface area contributed by atoms with Gasteiger partial charge in [0.05, 0.1) is 0 Å². The molecule has 2 N–H and O–H groups in total. The van der Waals surface area contributed by atoms with Crippen molar-refractivity contribution in [3.63, 3.8) is 0 Å². The summed E-state index contributed by atoms with van der Waals surface area (Å²) >= 11 is 0. The fourth-order valence-corrected chi connectivity index (χ4v) is 1.74. The monoisotopic (exact) mass is 227 g/mol. The molecule has 90 valence electrons. The van der Waals surface area contributed by atoms with E-state index in [9.17, 15) is 8.78 Å². The molecule has 0 aliphatic carbocycles. The lowest BCUT2D eigenvalue weighted by atomic mass is 9.96. The van der Waals surface area contributed by atoms with Gasteiger partial charge in [-0.15, -0.1) is 0 Å². The molecule has 1 aromatic carbocycles. The van der Waals surface area contributed by atoms with Gasteiger partial charge in [-0.1, -0.05) is 31.2 Å². The molecule has 16 heavy (non-hydrogen) atoms. The Morgan fingerprint density at radius 2 is 1.81 bits per heavy atom. The maximum absolute atomic E-state index is 12.8. The van der Waals surface area contributed by atoms with Crippen molar-refractivity contribution in [2.75, 3.05) is 6.54 Å². The third-order valence-corrected chi connectivity index (χ3v) is 2.66. The van der Waals surface area contributed by atoms with E-state index >= 15 is 0 Å². The van der Waals surface area contributed by atoms with Crippen molar-refractivity contribution in [2.45, 2.75) is 38.5 Å². The number of alkyl halides is 2. The van der Waals surface area contributed by atoms with E-state index in [1.54, 1.807) is 12.1 Å². The van der Waals surface area contributed by atoms with Crippen molar-refractivity contribution in [3.8, 4) is 0 Å². The molecule has 0 spiro atoms. The normalized spacial score (nSPS) is 13.8. The quantitative estimate of drug-likeness (QED) is 0.820. The topological polar surface area (TPSA) is 26.0 Å². The first-order valence-corrected chi connectivity index (χ1v) is 5.59.